The number of methoxy groups -OCH3 is 1. The Morgan fingerprint density at radius 1 is 0.917 bits per heavy atom. The van der Waals surface area contributed by atoms with Gasteiger partial charge in [-0.1, -0.05) is 46.9 Å². The van der Waals surface area contributed by atoms with Gasteiger partial charge in [-0.15, -0.1) is 6.58 Å². The molecule has 0 aromatic rings. The summed E-state index contributed by atoms with van der Waals surface area (Å²) >= 11 is 0. The third kappa shape index (κ3) is 7.46. The lowest BCUT2D eigenvalue weighted by Gasteiger charge is -2.23. The third-order valence-corrected chi connectivity index (χ3v) is 5.07. The van der Waals surface area contributed by atoms with E-state index in [2.05, 4.69) is 45.2 Å². The molecule has 0 aromatic heterocycles. The van der Waals surface area contributed by atoms with Gasteiger partial charge < -0.3 is 4.74 Å². The molecule has 0 fully saturated rings. The van der Waals surface area contributed by atoms with Crippen LogP contribution in [0.4, 0.5) is 8.78 Å². The Morgan fingerprint density at radius 2 is 1.42 bits per heavy atom. The summed E-state index contributed by atoms with van der Waals surface area (Å²) in [7, 11) is 1.26. The predicted molar refractivity (Wildman–Crippen MR) is 99.9 cm³/mol. The summed E-state index contributed by atoms with van der Waals surface area (Å²) in [5.74, 6) is -0.777. The van der Waals surface area contributed by atoms with Crippen molar-refractivity contribution in [2.45, 2.75) is 53.4 Å². The molecule has 0 rings (SSSR count). The molecule has 0 amide bonds. The maximum absolute atomic E-state index is 14.1. The first-order valence-corrected chi connectivity index (χ1v) is 8.75. The number of rotatable bonds is 12. The monoisotopic (exact) mass is 340 g/mol. The van der Waals surface area contributed by atoms with E-state index in [0.717, 1.165) is 25.7 Å². The van der Waals surface area contributed by atoms with Crippen molar-refractivity contribution in [3.8, 4) is 0 Å². The van der Waals surface area contributed by atoms with Crippen LogP contribution in [0.15, 0.2) is 48.8 Å². The van der Waals surface area contributed by atoms with Gasteiger partial charge in [0, 0.05) is 0 Å². The Balaban J connectivity index is 4.51. The molecule has 138 valence electrons. The van der Waals surface area contributed by atoms with Crippen LogP contribution < -0.4 is 0 Å². The molecule has 0 saturated heterocycles. The van der Waals surface area contributed by atoms with Gasteiger partial charge in [-0.25, -0.2) is 4.39 Å². The van der Waals surface area contributed by atoms with Crippen molar-refractivity contribution in [1.29, 1.82) is 0 Å². The van der Waals surface area contributed by atoms with Gasteiger partial charge in [-0.2, -0.15) is 4.39 Å². The lowest BCUT2D eigenvalue weighted by Crippen LogP contribution is -2.11. The molecule has 0 spiro atoms. The van der Waals surface area contributed by atoms with Gasteiger partial charge in [-0.3, -0.25) is 0 Å². The van der Waals surface area contributed by atoms with Crippen LogP contribution in [0.5, 0.6) is 0 Å². The second kappa shape index (κ2) is 11.2. The fraction of sp³-hybridized carbons (Fsp3) is 0.619. The van der Waals surface area contributed by atoms with E-state index in [0.29, 0.717) is 17.8 Å². The summed E-state index contributed by atoms with van der Waals surface area (Å²) in [5, 5.41) is 0. The highest BCUT2D eigenvalue weighted by Gasteiger charge is 2.20. The molecule has 3 heteroatoms. The summed E-state index contributed by atoms with van der Waals surface area (Å²) in [6.45, 7) is 19.4. The molecule has 1 nitrogen and oxygen atoms in total. The van der Waals surface area contributed by atoms with Crippen molar-refractivity contribution in [3.05, 3.63) is 48.8 Å². The van der Waals surface area contributed by atoms with Gasteiger partial charge in [0.2, 0.25) is 0 Å². The minimum Gasteiger partial charge on any atom is -0.494 e. The van der Waals surface area contributed by atoms with Crippen LogP contribution in [0, 0.1) is 23.7 Å². The van der Waals surface area contributed by atoms with Crippen LogP contribution in [-0.4, -0.2) is 7.11 Å². The molecule has 0 aliphatic carbocycles. The molecule has 4 atom stereocenters. The first-order chi connectivity index (χ1) is 11.1. The highest BCUT2D eigenvalue weighted by Crippen LogP contribution is 2.31. The summed E-state index contributed by atoms with van der Waals surface area (Å²) in [4.78, 5) is 0. The van der Waals surface area contributed by atoms with E-state index in [-0.39, 0.29) is 17.3 Å². The van der Waals surface area contributed by atoms with E-state index >= 15 is 0 Å². The van der Waals surface area contributed by atoms with Crippen LogP contribution >= 0.6 is 0 Å². The van der Waals surface area contributed by atoms with Crippen molar-refractivity contribution in [2.24, 2.45) is 23.7 Å². The second-order valence-electron chi connectivity index (χ2n) is 7.00. The molecule has 0 bridgehead atoms. The van der Waals surface area contributed by atoms with Gasteiger partial charge in [0.25, 0.3) is 0 Å². The van der Waals surface area contributed by atoms with Gasteiger partial charge in [-0.05, 0) is 54.9 Å². The van der Waals surface area contributed by atoms with Gasteiger partial charge in [0.15, 0.2) is 11.7 Å². The molecule has 4 unspecified atom stereocenters. The molecule has 24 heavy (non-hydrogen) atoms. The Kier molecular flexibility index (Phi) is 10.6. The maximum atomic E-state index is 14.1. The van der Waals surface area contributed by atoms with E-state index in [1.54, 1.807) is 0 Å². The van der Waals surface area contributed by atoms with Crippen LogP contribution in [-0.2, 0) is 4.74 Å². The fourth-order valence-electron chi connectivity index (χ4n) is 2.47. The molecule has 0 aliphatic rings. The minimum absolute atomic E-state index is 0.123. The molecular weight excluding hydrogens is 306 g/mol. The standard InChI is InChI=1S/C21H34F2O/c1-9-14(2)10-11-15(3)16(4)12-13-17(5)18(6)20(22)21(23)19(7)24-8/h9,14-17H,1,6-7,10-13H2,2-5,8H3/b21-20-. The minimum atomic E-state index is -1.06. The van der Waals surface area contributed by atoms with E-state index in [1.807, 2.05) is 13.0 Å². The fourth-order valence-corrected chi connectivity index (χ4v) is 2.47. The van der Waals surface area contributed by atoms with Gasteiger partial charge in [0.1, 0.15) is 5.76 Å². The smallest absolute Gasteiger partial charge is 0.200 e. The number of hydrogen-bond donors (Lipinski definition) is 0. The van der Waals surface area contributed by atoms with E-state index < -0.39 is 11.7 Å². The Bertz CT molecular complexity index is 464. The average Bonchev–Trinajstić information content (AvgIpc) is 2.60. The predicted octanol–water partition coefficient (Wildman–Crippen LogP) is 7.14. The largest absolute Gasteiger partial charge is 0.494 e. The van der Waals surface area contributed by atoms with Crippen molar-refractivity contribution in [1.82, 2.24) is 0 Å². The summed E-state index contributed by atoms with van der Waals surface area (Å²) < 4.78 is 32.4. The Hall–Kier alpha value is -1.38. The van der Waals surface area contributed by atoms with Gasteiger partial charge in [0.05, 0.1) is 7.11 Å². The quantitative estimate of drug-likeness (QED) is 0.208. The lowest BCUT2D eigenvalue weighted by molar-refractivity contribution is 0.279. The molecule has 0 aromatic carbocycles. The Labute approximate surface area is 147 Å². The Morgan fingerprint density at radius 3 is 1.88 bits per heavy atom. The lowest BCUT2D eigenvalue weighted by atomic mass is 9.83. The first kappa shape index (κ1) is 22.6. The maximum Gasteiger partial charge on any atom is 0.200 e. The number of ether oxygens (including phenoxy) is 1. The van der Waals surface area contributed by atoms with Crippen LogP contribution in [0.3, 0.4) is 0 Å². The molecule has 0 heterocycles. The zero-order valence-corrected chi connectivity index (χ0v) is 16.0. The molecule has 0 N–H and O–H groups in total. The number of halogens is 2. The van der Waals surface area contributed by atoms with Crippen molar-refractivity contribution in [2.75, 3.05) is 7.11 Å². The van der Waals surface area contributed by atoms with Crippen molar-refractivity contribution >= 4 is 0 Å². The number of allylic oxidation sites excluding steroid dienone is 4. The van der Waals surface area contributed by atoms with Crippen LogP contribution in [0.1, 0.15) is 53.4 Å². The molecule has 0 saturated carbocycles. The van der Waals surface area contributed by atoms with Crippen molar-refractivity contribution in [3.63, 3.8) is 0 Å². The zero-order chi connectivity index (χ0) is 18.9. The summed E-state index contributed by atoms with van der Waals surface area (Å²) in [5.41, 5.74) is 0.172. The van der Waals surface area contributed by atoms with Gasteiger partial charge >= 0.3 is 0 Å². The summed E-state index contributed by atoms with van der Waals surface area (Å²) in [6.07, 6.45) is 6.02. The molecular formula is C21H34F2O. The van der Waals surface area contributed by atoms with Crippen molar-refractivity contribution < 1.29 is 13.5 Å². The van der Waals surface area contributed by atoms with Crippen LogP contribution in [0.2, 0.25) is 0 Å². The highest BCUT2D eigenvalue weighted by atomic mass is 19.2. The molecule has 0 aliphatic heterocycles. The normalized spacial score (nSPS) is 17.3. The number of hydrogen-bond acceptors (Lipinski definition) is 1. The van der Waals surface area contributed by atoms with E-state index in [1.165, 1.54) is 7.11 Å². The highest BCUT2D eigenvalue weighted by molar-refractivity contribution is 5.33. The SMILES string of the molecule is C=CC(C)CCC(C)C(C)CCC(C)C(=C)/C(F)=C(/F)C(=C)OC. The second-order valence-corrected chi connectivity index (χ2v) is 7.00. The topological polar surface area (TPSA) is 9.23 Å². The van der Waals surface area contributed by atoms with E-state index in [4.69, 9.17) is 0 Å². The van der Waals surface area contributed by atoms with Crippen LogP contribution in [0.25, 0.3) is 0 Å². The summed E-state index contributed by atoms with van der Waals surface area (Å²) in [6, 6.07) is 0. The first-order valence-electron chi connectivity index (χ1n) is 8.75. The average molecular weight is 340 g/mol. The molecule has 0 radical (unpaired) electrons. The third-order valence-electron chi connectivity index (χ3n) is 5.07. The van der Waals surface area contributed by atoms with E-state index in [9.17, 15) is 8.78 Å². The zero-order valence-electron chi connectivity index (χ0n) is 16.0.